The molecule has 5 nitrogen and oxygen atoms in total. The van der Waals surface area contributed by atoms with E-state index in [9.17, 15) is 9.59 Å². The number of benzene rings is 1. The van der Waals surface area contributed by atoms with Gasteiger partial charge in [-0.15, -0.1) is 0 Å². The monoisotopic (exact) mass is 298 g/mol. The molecule has 1 aliphatic heterocycles. The molecular formula is C17H18N2O3. The smallest absolute Gasteiger partial charge is 0.254 e. The lowest BCUT2D eigenvalue weighted by Crippen LogP contribution is -2.42. The highest BCUT2D eigenvalue weighted by atomic mass is 16.5. The average molecular weight is 298 g/mol. The van der Waals surface area contributed by atoms with Gasteiger partial charge in [0, 0.05) is 23.9 Å². The van der Waals surface area contributed by atoms with Crippen LogP contribution in [0, 0.1) is 6.92 Å². The van der Waals surface area contributed by atoms with Crippen molar-refractivity contribution in [2.45, 2.75) is 13.0 Å². The van der Waals surface area contributed by atoms with E-state index in [0.717, 1.165) is 5.56 Å². The molecule has 0 bridgehead atoms. The van der Waals surface area contributed by atoms with Crippen molar-refractivity contribution >= 4 is 5.91 Å². The lowest BCUT2D eigenvalue weighted by Gasteiger charge is -2.33. The zero-order valence-electron chi connectivity index (χ0n) is 12.4. The number of nitrogens with zero attached hydrogens (tertiary/aromatic N) is 1. The Kier molecular flexibility index (Phi) is 4.06. The van der Waals surface area contributed by atoms with E-state index in [2.05, 4.69) is 4.98 Å². The van der Waals surface area contributed by atoms with Crippen molar-refractivity contribution in [3.05, 3.63) is 69.6 Å². The molecule has 0 aliphatic carbocycles. The highest BCUT2D eigenvalue weighted by molar-refractivity contribution is 5.94. The van der Waals surface area contributed by atoms with Crippen LogP contribution in [0.5, 0.6) is 0 Å². The van der Waals surface area contributed by atoms with E-state index >= 15 is 0 Å². The number of aromatic nitrogens is 1. The van der Waals surface area contributed by atoms with Crippen molar-refractivity contribution < 1.29 is 9.53 Å². The quantitative estimate of drug-likeness (QED) is 0.921. The maximum atomic E-state index is 12.6. The van der Waals surface area contributed by atoms with Gasteiger partial charge in [-0.3, -0.25) is 9.59 Å². The standard InChI is InChI=1S/C17H18N2O3/c1-12-9-14(10-16(20)18-12)17(21)19-7-8-22-15(11-19)13-5-3-2-4-6-13/h2-6,9-10,15H,7-8,11H2,1H3,(H,18,20)/t15-/m1/s1. The molecule has 0 spiro atoms. The molecule has 1 fully saturated rings. The van der Waals surface area contributed by atoms with Crippen molar-refractivity contribution in [1.82, 2.24) is 9.88 Å². The maximum Gasteiger partial charge on any atom is 0.254 e. The number of rotatable bonds is 2. The van der Waals surface area contributed by atoms with E-state index in [1.807, 2.05) is 30.3 Å². The summed E-state index contributed by atoms with van der Waals surface area (Å²) < 4.78 is 5.77. The topological polar surface area (TPSA) is 62.4 Å². The van der Waals surface area contributed by atoms with Gasteiger partial charge in [0.25, 0.3) is 5.91 Å². The van der Waals surface area contributed by atoms with Crippen molar-refractivity contribution in [2.24, 2.45) is 0 Å². The van der Waals surface area contributed by atoms with Gasteiger partial charge >= 0.3 is 0 Å². The molecule has 1 saturated heterocycles. The second kappa shape index (κ2) is 6.15. The summed E-state index contributed by atoms with van der Waals surface area (Å²) >= 11 is 0. The summed E-state index contributed by atoms with van der Waals surface area (Å²) in [5.41, 5.74) is 1.91. The van der Waals surface area contributed by atoms with Crippen LogP contribution in [0.2, 0.25) is 0 Å². The summed E-state index contributed by atoms with van der Waals surface area (Å²) in [6.07, 6.45) is -0.123. The summed E-state index contributed by atoms with van der Waals surface area (Å²) in [6.45, 7) is 3.29. The van der Waals surface area contributed by atoms with Crippen LogP contribution in [-0.2, 0) is 4.74 Å². The second-order valence-electron chi connectivity index (χ2n) is 5.44. The SMILES string of the molecule is Cc1cc(C(=O)N2CCO[C@@H](c3ccccc3)C2)cc(=O)[nH]1. The number of carbonyl (C=O) groups is 1. The number of ether oxygens (including phenoxy) is 1. The molecule has 3 rings (SSSR count). The Morgan fingerprint density at radius 2 is 2.05 bits per heavy atom. The number of hydrogen-bond acceptors (Lipinski definition) is 3. The van der Waals surface area contributed by atoms with Crippen molar-refractivity contribution in [2.75, 3.05) is 19.7 Å². The Hall–Kier alpha value is -2.40. The highest BCUT2D eigenvalue weighted by Gasteiger charge is 2.26. The number of H-pyrrole nitrogens is 1. The molecule has 1 aromatic carbocycles. The average Bonchev–Trinajstić information content (AvgIpc) is 2.54. The summed E-state index contributed by atoms with van der Waals surface area (Å²) in [7, 11) is 0. The van der Waals surface area contributed by atoms with Crippen LogP contribution >= 0.6 is 0 Å². The number of nitrogens with one attached hydrogen (secondary N) is 1. The summed E-state index contributed by atoms with van der Waals surface area (Å²) in [5, 5.41) is 0. The Bertz CT molecular complexity index is 724. The van der Waals surface area contributed by atoms with Gasteiger partial charge in [0.1, 0.15) is 6.10 Å². The van der Waals surface area contributed by atoms with Crippen LogP contribution in [0.4, 0.5) is 0 Å². The van der Waals surface area contributed by atoms with E-state index in [4.69, 9.17) is 4.74 Å². The summed E-state index contributed by atoms with van der Waals surface area (Å²) in [4.78, 5) is 28.5. The molecule has 5 heteroatoms. The zero-order chi connectivity index (χ0) is 15.5. The molecule has 1 N–H and O–H groups in total. The third-order valence-corrected chi connectivity index (χ3v) is 3.75. The Labute approximate surface area is 128 Å². The van der Waals surface area contributed by atoms with Crippen LogP contribution in [-0.4, -0.2) is 35.5 Å². The van der Waals surface area contributed by atoms with Gasteiger partial charge in [0.15, 0.2) is 0 Å². The minimum atomic E-state index is -0.254. The number of carbonyl (C=O) groups excluding carboxylic acids is 1. The van der Waals surface area contributed by atoms with Gasteiger partial charge < -0.3 is 14.6 Å². The van der Waals surface area contributed by atoms with E-state index < -0.39 is 0 Å². The van der Waals surface area contributed by atoms with E-state index in [1.165, 1.54) is 6.07 Å². The first-order chi connectivity index (χ1) is 10.6. The fourth-order valence-corrected chi connectivity index (χ4v) is 2.69. The van der Waals surface area contributed by atoms with Crippen LogP contribution in [0.3, 0.4) is 0 Å². The van der Waals surface area contributed by atoms with Crippen molar-refractivity contribution in [3.8, 4) is 0 Å². The fraction of sp³-hybridized carbons (Fsp3) is 0.294. The third kappa shape index (κ3) is 3.09. The first-order valence-electron chi connectivity index (χ1n) is 7.30. The molecule has 1 atom stereocenters. The van der Waals surface area contributed by atoms with Gasteiger partial charge in [0.2, 0.25) is 5.56 Å². The van der Waals surface area contributed by atoms with Gasteiger partial charge in [-0.2, -0.15) is 0 Å². The van der Waals surface area contributed by atoms with Crippen LogP contribution in [0.1, 0.15) is 27.7 Å². The predicted molar refractivity (Wildman–Crippen MR) is 82.8 cm³/mol. The summed E-state index contributed by atoms with van der Waals surface area (Å²) in [6, 6.07) is 12.9. The molecule has 1 aromatic heterocycles. The van der Waals surface area contributed by atoms with Gasteiger partial charge in [-0.1, -0.05) is 30.3 Å². The number of aromatic amines is 1. The first kappa shape index (κ1) is 14.5. The van der Waals surface area contributed by atoms with Crippen molar-refractivity contribution in [3.63, 3.8) is 0 Å². The molecule has 2 aromatic rings. The molecule has 22 heavy (non-hydrogen) atoms. The van der Waals surface area contributed by atoms with E-state index in [0.29, 0.717) is 31.0 Å². The van der Waals surface area contributed by atoms with E-state index in [1.54, 1.807) is 17.9 Å². The normalized spacial score (nSPS) is 18.2. The molecule has 1 amide bonds. The molecule has 114 valence electrons. The zero-order valence-corrected chi connectivity index (χ0v) is 12.4. The number of morpholine rings is 1. The minimum absolute atomic E-state index is 0.123. The van der Waals surface area contributed by atoms with Crippen molar-refractivity contribution in [1.29, 1.82) is 0 Å². The predicted octanol–water partition coefficient (Wildman–Crippen LogP) is 1.90. The molecule has 0 radical (unpaired) electrons. The van der Waals surface area contributed by atoms with Crippen LogP contribution in [0.15, 0.2) is 47.3 Å². The van der Waals surface area contributed by atoms with Gasteiger partial charge in [-0.25, -0.2) is 0 Å². The van der Waals surface area contributed by atoms with E-state index in [-0.39, 0.29) is 17.6 Å². The lowest BCUT2D eigenvalue weighted by molar-refractivity contribution is -0.0228. The maximum absolute atomic E-state index is 12.6. The Morgan fingerprint density at radius 1 is 1.27 bits per heavy atom. The van der Waals surface area contributed by atoms with Crippen LogP contribution in [0.25, 0.3) is 0 Å². The number of aryl methyl sites for hydroxylation is 1. The number of hydrogen-bond donors (Lipinski definition) is 1. The van der Waals surface area contributed by atoms with Crippen LogP contribution < -0.4 is 5.56 Å². The number of pyridine rings is 1. The fourth-order valence-electron chi connectivity index (χ4n) is 2.69. The minimum Gasteiger partial charge on any atom is -0.370 e. The molecule has 1 aliphatic rings. The van der Waals surface area contributed by atoms with Gasteiger partial charge in [-0.05, 0) is 18.6 Å². The molecule has 2 heterocycles. The molecule has 0 saturated carbocycles. The second-order valence-corrected chi connectivity index (χ2v) is 5.44. The Balaban J connectivity index is 1.79. The Morgan fingerprint density at radius 3 is 2.77 bits per heavy atom. The number of amides is 1. The third-order valence-electron chi connectivity index (χ3n) is 3.75. The van der Waals surface area contributed by atoms with Gasteiger partial charge in [0.05, 0.1) is 13.2 Å². The largest absolute Gasteiger partial charge is 0.370 e. The molecular weight excluding hydrogens is 280 g/mol. The molecule has 0 unspecified atom stereocenters. The lowest BCUT2D eigenvalue weighted by atomic mass is 10.1. The highest BCUT2D eigenvalue weighted by Crippen LogP contribution is 2.22. The summed E-state index contributed by atoms with van der Waals surface area (Å²) in [5.74, 6) is -0.126. The first-order valence-corrected chi connectivity index (χ1v) is 7.30.